The minimum Gasteiger partial charge on any atom is -0.417 e. The van der Waals surface area contributed by atoms with Gasteiger partial charge in [-0.1, -0.05) is 49.4 Å². The highest BCUT2D eigenvalue weighted by atomic mass is 28.4. The third kappa shape index (κ3) is 4.04. The molecule has 0 aliphatic carbocycles. The van der Waals surface area contributed by atoms with E-state index in [0.717, 1.165) is 5.46 Å². The van der Waals surface area contributed by atoms with Crippen molar-refractivity contribution in [2.75, 3.05) is 19.8 Å². The predicted octanol–water partition coefficient (Wildman–Crippen LogP) is 3.44. The van der Waals surface area contributed by atoms with Gasteiger partial charge in [0.15, 0.2) is 8.32 Å². The fraction of sp³-hybridized carbons (Fsp3) is 0.444. The molecule has 1 aliphatic rings. The number of hydrogen-bond acceptors (Lipinski definition) is 3. The fourth-order valence-electron chi connectivity index (χ4n) is 2.75. The largest absolute Gasteiger partial charge is 0.494 e. The zero-order valence-corrected chi connectivity index (χ0v) is 15.5. The SMILES string of the molecule is CC1(CO[Si](C)(C)C)COB(c2cccc3ccccc23)OC1. The first-order chi connectivity index (χ1) is 10.9. The van der Waals surface area contributed by atoms with Crippen molar-refractivity contribution in [2.24, 2.45) is 5.41 Å². The van der Waals surface area contributed by atoms with Gasteiger partial charge in [-0.05, 0) is 35.9 Å². The van der Waals surface area contributed by atoms with E-state index in [-0.39, 0.29) is 12.5 Å². The Balaban J connectivity index is 1.71. The van der Waals surface area contributed by atoms with Gasteiger partial charge in [0.25, 0.3) is 0 Å². The van der Waals surface area contributed by atoms with Gasteiger partial charge >= 0.3 is 7.12 Å². The Morgan fingerprint density at radius 1 is 1.04 bits per heavy atom. The molecular formula is C18H25BO3Si. The summed E-state index contributed by atoms with van der Waals surface area (Å²) in [7, 11) is -1.81. The molecule has 0 spiro atoms. The smallest absolute Gasteiger partial charge is 0.417 e. The Morgan fingerprint density at radius 3 is 2.39 bits per heavy atom. The van der Waals surface area contributed by atoms with E-state index in [9.17, 15) is 0 Å². The van der Waals surface area contributed by atoms with Crippen LogP contribution in [0.4, 0.5) is 0 Å². The highest BCUT2D eigenvalue weighted by Gasteiger charge is 2.38. The predicted molar refractivity (Wildman–Crippen MR) is 98.6 cm³/mol. The average molecular weight is 328 g/mol. The van der Waals surface area contributed by atoms with Gasteiger partial charge in [0.2, 0.25) is 0 Å². The van der Waals surface area contributed by atoms with Gasteiger partial charge in [-0.25, -0.2) is 0 Å². The maximum atomic E-state index is 6.07. The normalized spacial score (nSPS) is 18.3. The lowest BCUT2D eigenvalue weighted by molar-refractivity contribution is -0.00954. The van der Waals surface area contributed by atoms with Crippen molar-refractivity contribution in [2.45, 2.75) is 26.6 Å². The zero-order valence-electron chi connectivity index (χ0n) is 14.5. The van der Waals surface area contributed by atoms with Crippen LogP contribution in [0.25, 0.3) is 10.8 Å². The van der Waals surface area contributed by atoms with Crippen molar-refractivity contribution in [1.29, 1.82) is 0 Å². The Kier molecular flexibility index (Phi) is 4.65. The number of fused-ring (bicyclic) bond motifs is 1. The molecule has 0 saturated carbocycles. The average Bonchev–Trinajstić information content (AvgIpc) is 2.53. The summed E-state index contributed by atoms with van der Waals surface area (Å²) < 4.78 is 18.2. The van der Waals surface area contributed by atoms with Crippen molar-refractivity contribution in [3.63, 3.8) is 0 Å². The molecule has 0 bridgehead atoms. The van der Waals surface area contributed by atoms with Gasteiger partial charge < -0.3 is 13.7 Å². The summed E-state index contributed by atoms with van der Waals surface area (Å²) in [6.45, 7) is 10.8. The molecule has 1 saturated heterocycles. The quantitative estimate of drug-likeness (QED) is 0.805. The van der Waals surface area contributed by atoms with E-state index in [1.54, 1.807) is 0 Å². The Bertz CT molecular complexity index is 670. The van der Waals surface area contributed by atoms with E-state index in [1.807, 2.05) is 0 Å². The monoisotopic (exact) mass is 328 g/mol. The van der Waals surface area contributed by atoms with Crippen LogP contribution < -0.4 is 5.46 Å². The maximum absolute atomic E-state index is 6.07. The van der Waals surface area contributed by atoms with Gasteiger partial charge in [0.1, 0.15) is 0 Å². The highest BCUT2D eigenvalue weighted by molar-refractivity contribution is 6.69. The van der Waals surface area contributed by atoms with Gasteiger partial charge in [0.05, 0.1) is 0 Å². The van der Waals surface area contributed by atoms with Crippen LogP contribution >= 0.6 is 0 Å². The molecule has 1 fully saturated rings. The summed E-state index contributed by atoms with van der Waals surface area (Å²) >= 11 is 0. The van der Waals surface area contributed by atoms with Crippen LogP contribution in [0.15, 0.2) is 42.5 Å². The maximum Gasteiger partial charge on any atom is 0.494 e. The van der Waals surface area contributed by atoms with Gasteiger partial charge in [0, 0.05) is 25.2 Å². The van der Waals surface area contributed by atoms with E-state index in [2.05, 4.69) is 69.0 Å². The number of benzene rings is 2. The molecule has 0 N–H and O–H groups in total. The summed E-state index contributed by atoms with van der Waals surface area (Å²) in [6, 6.07) is 14.6. The third-order valence-corrected chi connectivity index (χ3v) is 5.11. The van der Waals surface area contributed by atoms with Crippen LogP contribution in [0.5, 0.6) is 0 Å². The van der Waals surface area contributed by atoms with Gasteiger partial charge in [-0.3, -0.25) is 0 Å². The summed E-state index contributed by atoms with van der Waals surface area (Å²) in [5.74, 6) is 0. The van der Waals surface area contributed by atoms with Crippen LogP contribution in [0, 0.1) is 5.41 Å². The van der Waals surface area contributed by atoms with E-state index in [4.69, 9.17) is 13.7 Å². The summed E-state index contributed by atoms with van der Waals surface area (Å²) in [6.07, 6.45) is 0. The first-order valence-corrected chi connectivity index (χ1v) is 11.6. The molecular weight excluding hydrogens is 303 g/mol. The second kappa shape index (κ2) is 6.40. The molecule has 23 heavy (non-hydrogen) atoms. The fourth-order valence-corrected chi connectivity index (χ4v) is 3.53. The number of rotatable bonds is 4. The topological polar surface area (TPSA) is 27.7 Å². The van der Waals surface area contributed by atoms with Gasteiger partial charge in [-0.15, -0.1) is 0 Å². The van der Waals surface area contributed by atoms with Crippen LogP contribution in [0.2, 0.25) is 19.6 Å². The molecule has 122 valence electrons. The van der Waals surface area contributed by atoms with E-state index >= 15 is 0 Å². The molecule has 1 heterocycles. The molecule has 0 radical (unpaired) electrons. The van der Waals surface area contributed by atoms with E-state index in [0.29, 0.717) is 19.8 Å². The summed E-state index contributed by atoms with van der Waals surface area (Å²) in [5.41, 5.74) is 1.04. The van der Waals surface area contributed by atoms with Crippen molar-refractivity contribution in [1.82, 2.24) is 0 Å². The third-order valence-electron chi connectivity index (χ3n) is 4.10. The second-order valence-electron chi connectivity index (χ2n) is 7.73. The van der Waals surface area contributed by atoms with Crippen molar-refractivity contribution >= 4 is 31.7 Å². The van der Waals surface area contributed by atoms with Crippen molar-refractivity contribution < 1.29 is 13.7 Å². The highest BCUT2D eigenvalue weighted by Crippen LogP contribution is 2.25. The summed E-state index contributed by atoms with van der Waals surface area (Å²) in [4.78, 5) is 0. The van der Waals surface area contributed by atoms with Crippen LogP contribution in [0.3, 0.4) is 0 Å². The van der Waals surface area contributed by atoms with Crippen molar-refractivity contribution in [3.05, 3.63) is 42.5 Å². The first-order valence-electron chi connectivity index (χ1n) is 8.21. The molecule has 2 aromatic rings. The van der Waals surface area contributed by atoms with Crippen LogP contribution in [0.1, 0.15) is 6.92 Å². The Hall–Kier alpha value is -1.14. The molecule has 0 amide bonds. The molecule has 2 aromatic carbocycles. The molecule has 5 heteroatoms. The molecule has 1 aliphatic heterocycles. The van der Waals surface area contributed by atoms with Crippen molar-refractivity contribution in [3.8, 4) is 0 Å². The number of hydrogen-bond donors (Lipinski definition) is 0. The molecule has 0 aromatic heterocycles. The standard InChI is InChI=1S/C18H25BO3Si/c1-18(14-22-23(2,3)4)12-20-19(21-13-18)17-11-7-9-15-8-5-6-10-16(15)17/h5-11H,12-14H2,1-4H3. The van der Waals surface area contributed by atoms with Gasteiger partial charge in [-0.2, -0.15) is 0 Å². The van der Waals surface area contributed by atoms with Crippen LogP contribution in [-0.4, -0.2) is 35.3 Å². The molecule has 3 rings (SSSR count). The minimum atomic E-state index is -1.52. The Labute approximate surface area is 140 Å². The van der Waals surface area contributed by atoms with Crippen LogP contribution in [-0.2, 0) is 13.7 Å². The summed E-state index contributed by atoms with van der Waals surface area (Å²) in [5, 5.41) is 2.41. The molecule has 0 atom stereocenters. The van der Waals surface area contributed by atoms with E-state index < -0.39 is 8.32 Å². The van der Waals surface area contributed by atoms with E-state index in [1.165, 1.54) is 10.8 Å². The minimum absolute atomic E-state index is 0.0681. The lowest BCUT2D eigenvalue weighted by Crippen LogP contribution is -2.51. The molecule has 0 unspecified atom stereocenters. The lowest BCUT2D eigenvalue weighted by Gasteiger charge is -2.38. The molecule has 3 nitrogen and oxygen atoms in total. The Morgan fingerprint density at radius 2 is 1.70 bits per heavy atom. The second-order valence-corrected chi connectivity index (χ2v) is 12.2. The first kappa shape index (κ1) is 16.7. The lowest BCUT2D eigenvalue weighted by atomic mass is 9.73. The zero-order chi connectivity index (χ0) is 16.5.